The van der Waals surface area contributed by atoms with E-state index >= 15 is 0 Å². The van der Waals surface area contributed by atoms with Gasteiger partial charge in [0.1, 0.15) is 0 Å². The van der Waals surface area contributed by atoms with Crippen molar-refractivity contribution in [2.45, 2.75) is 6.04 Å². The Bertz CT molecular complexity index is 290. The van der Waals surface area contributed by atoms with Gasteiger partial charge >= 0.3 is 0 Å². The zero-order chi connectivity index (χ0) is 7.52. The molecule has 0 aromatic heterocycles. The van der Waals surface area contributed by atoms with E-state index in [1.54, 1.807) is 0 Å². The smallest absolute Gasteiger partial charge is 0.0933 e. The Kier molecular flexibility index (Phi) is 1.56. The van der Waals surface area contributed by atoms with Crippen LogP contribution in [0.15, 0.2) is 53.1 Å². The molecule has 0 aromatic rings. The predicted octanol–water partition coefficient (Wildman–Crippen LogP) is 2.05. The zero-order valence-electron chi connectivity index (χ0n) is 6.14. The summed E-state index contributed by atoms with van der Waals surface area (Å²) in [6.07, 6.45) is 16.2. The average molecular weight is 143 g/mol. The van der Waals surface area contributed by atoms with E-state index in [0.29, 0.717) is 0 Å². The maximum atomic E-state index is 4.30. The number of hydrogen-bond donors (Lipinski definition) is 0. The van der Waals surface area contributed by atoms with Gasteiger partial charge < -0.3 is 0 Å². The molecule has 0 saturated heterocycles. The number of allylic oxidation sites excluding steroid dienone is 5. The molecule has 0 bridgehead atoms. The standard InChI is InChI=1S/C10H9N/c1-2-5-9-6-4-8-11-10(9)7-3-1/h1-8,10H. The summed E-state index contributed by atoms with van der Waals surface area (Å²) in [4.78, 5) is 4.30. The van der Waals surface area contributed by atoms with Gasteiger partial charge in [-0.1, -0.05) is 36.5 Å². The molecule has 1 atom stereocenters. The number of fused-ring (bicyclic) bond motifs is 1. The van der Waals surface area contributed by atoms with Crippen molar-refractivity contribution in [2.75, 3.05) is 0 Å². The van der Waals surface area contributed by atoms with Gasteiger partial charge in [0.25, 0.3) is 0 Å². The van der Waals surface area contributed by atoms with Gasteiger partial charge in [-0.25, -0.2) is 0 Å². The number of dihydropyridines is 1. The highest BCUT2D eigenvalue weighted by Gasteiger charge is 2.07. The maximum Gasteiger partial charge on any atom is 0.0933 e. The van der Waals surface area contributed by atoms with Crippen molar-refractivity contribution in [2.24, 2.45) is 4.99 Å². The summed E-state index contributed by atoms with van der Waals surface area (Å²) in [7, 11) is 0. The molecular weight excluding hydrogens is 134 g/mol. The van der Waals surface area contributed by atoms with E-state index in [-0.39, 0.29) is 6.04 Å². The first-order valence-corrected chi connectivity index (χ1v) is 3.72. The molecule has 0 fully saturated rings. The maximum absolute atomic E-state index is 4.30. The molecule has 1 aliphatic carbocycles. The minimum absolute atomic E-state index is 0.245. The van der Waals surface area contributed by atoms with Crippen LogP contribution in [0.3, 0.4) is 0 Å². The molecular formula is C10H9N. The van der Waals surface area contributed by atoms with Crippen LogP contribution in [0.1, 0.15) is 0 Å². The van der Waals surface area contributed by atoms with Gasteiger partial charge in [-0.3, -0.25) is 4.99 Å². The van der Waals surface area contributed by atoms with Crippen molar-refractivity contribution < 1.29 is 0 Å². The van der Waals surface area contributed by atoms with Gasteiger partial charge in [0.2, 0.25) is 0 Å². The van der Waals surface area contributed by atoms with E-state index in [4.69, 9.17) is 0 Å². The van der Waals surface area contributed by atoms with Crippen molar-refractivity contribution in [3.05, 3.63) is 48.1 Å². The Morgan fingerprint density at radius 1 is 1.09 bits per heavy atom. The summed E-state index contributed by atoms with van der Waals surface area (Å²) in [6.45, 7) is 0. The Morgan fingerprint density at radius 3 is 3.09 bits per heavy atom. The topological polar surface area (TPSA) is 12.4 Å². The normalized spacial score (nSPS) is 26.2. The first-order chi connectivity index (χ1) is 5.47. The van der Waals surface area contributed by atoms with Crippen LogP contribution in [-0.2, 0) is 0 Å². The molecule has 54 valence electrons. The highest BCUT2D eigenvalue weighted by molar-refractivity contribution is 5.75. The minimum Gasteiger partial charge on any atom is -0.281 e. The second-order valence-corrected chi connectivity index (χ2v) is 2.54. The third kappa shape index (κ3) is 1.22. The van der Waals surface area contributed by atoms with E-state index < -0.39 is 0 Å². The summed E-state index contributed by atoms with van der Waals surface area (Å²) in [5.41, 5.74) is 1.26. The molecule has 1 nitrogen and oxygen atoms in total. The molecule has 1 heteroatoms. The van der Waals surface area contributed by atoms with Crippen molar-refractivity contribution in [3.8, 4) is 0 Å². The van der Waals surface area contributed by atoms with Crippen molar-refractivity contribution >= 4 is 6.21 Å². The van der Waals surface area contributed by atoms with Crippen LogP contribution in [0.5, 0.6) is 0 Å². The third-order valence-corrected chi connectivity index (χ3v) is 1.77. The summed E-state index contributed by atoms with van der Waals surface area (Å²) >= 11 is 0. The molecule has 1 heterocycles. The SMILES string of the molecule is C1=CC=C2C=CC=NC2C=C1. The van der Waals surface area contributed by atoms with Gasteiger partial charge in [-0.15, -0.1) is 0 Å². The van der Waals surface area contributed by atoms with Crippen LogP contribution >= 0.6 is 0 Å². The van der Waals surface area contributed by atoms with Crippen LogP contribution in [-0.4, -0.2) is 12.3 Å². The van der Waals surface area contributed by atoms with Gasteiger partial charge in [0, 0.05) is 6.21 Å². The fraction of sp³-hybridized carbons (Fsp3) is 0.100. The van der Waals surface area contributed by atoms with Gasteiger partial charge in [0.15, 0.2) is 0 Å². The molecule has 11 heavy (non-hydrogen) atoms. The molecule has 0 radical (unpaired) electrons. The second-order valence-electron chi connectivity index (χ2n) is 2.54. The van der Waals surface area contributed by atoms with E-state index in [1.165, 1.54) is 5.57 Å². The summed E-state index contributed by atoms with van der Waals surface area (Å²) in [5.74, 6) is 0. The molecule has 0 aromatic carbocycles. The first kappa shape index (κ1) is 6.35. The molecule has 1 aliphatic heterocycles. The lowest BCUT2D eigenvalue weighted by Gasteiger charge is -2.09. The monoisotopic (exact) mass is 143 g/mol. The molecule has 1 unspecified atom stereocenters. The minimum atomic E-state index is 0.245. The van der Waals surface area contributed by atoms with Crippen LogP contribution in [0.2, 0.25) is 0 Å². The first-order valence-electron chi connectivity index (χ1n) is 3.72. The predicted molar refractivity (Wildman–Crippen MR) is 47.8 cm³/mol. The number of rotatable bonds is 0. The fourth-order valence-electron chi connectivity index (χ4n) is 1.20. The number of hydrogen-bond acceptors (Lipinski definition) is 1. The number of aliphatic imine (C=N–C) groups is 1. The van der Waals surface area contributed by atoms with Gasteiger partial charge in [0.05, 0.1) is 6.04 Å². The highest BCUT2D eigenvalue weighted by Crippen LogP contribution is 2.15. The lowest BCUT2D eigenvalue weighted by Crippen LogP contribution is -2.05. The summed E-state index contributed by atoms with van der Waals surface area (Å²) < 4.78 is 0. The van der Waals surface area contributed by atoms with Crippen molar-refractivity contribution in [1.82, 2.24) is 0 Å². The van der Waals surface area contributed by atoms with E-state index in [0.717, 1.165) is 0 Å². The summed E-state index contributed by atoms with van der Waals surface area (Å²) in [6, 6.07) is 0.245. The van der Waals surface area contributed by atoms with Crippen molar-refractivity contribution in [3.63, 3.8) is 0 Å². The number of nitrogens with zero attached hydrogens (tertiary/aromatic N) is 1. The van der Waals surface area contributed by atoms with Crippen LogP contribution in [0.4, 0.5) is 0 Å². The van der Waals surface area contributed by atoms with Gasteiger partial charge in [-0.05, 0) is 11.6 Å². The Labute approximate surface area is 66.1 Å². The second kappa shape index (κ2) is 2.70. The quantitative estimate of drug-likeness (QED) is 0.492. The molecule has 0 saturated carbocycles. The lowest BCUT2D eigenvalue weighted by molar-refractivity contribution is 0.982. The van der Waals surface area contributed by atoms with Crippen LogP contribution < -0.4 is 0 Å². The van der Waals surface area contributed by atoms with E-state index in [2.05, 4.69) is 23.2 Å². The highest BCUT2D eigenvalue weighted by atomic mass is 14.8. The Balaban J connectivity index is 2.39. The van der Waals surface area contributed by atoms with E-state index in [9.17, 15) is 0 Å². The molecule has 2 aliphatic rings. The van der Waals surface area contributed by atoms with Gasteiger partial charge in [-0.2, -0.15) is 0 Å². The zero-order valence-corrected chi connectivity index (χ0v) is 6.14. The van der Waals surface area contributed by atoms with Crippen LogP contribution in [0.25, 0.3) is 0 Å². The molecule has 2 rings (SSSR count). The van der Waals surface area contributed by atoms with E-state index in [1.807, 2.05) is 30.5 Å². The van der Waals surface area contributed by atoms with Crippen molar-refractivity contribution in [1.29, 1.82) is 0 Å². The molecule has 0 amide bonds. The fourth-order valence-corrected chi connectivity index (χ4v) is 1.20. The average Bonchev–Trinajstić information content (AvgIpc) is 2.28. The van der Waals surface area contributed by atoms with Crippen LogP contribution in [0, 0.1) is 0 Å². The summed E-state index contributed by atoms with van der Waals surface area (Å²) in [5, 5.41) is 0. The lowest BCUT2D eigenvalue weighted by atomic mass is 10.1. The largest absolute Gasteiger partial charge is 0.281 e. The Hall–Kier alpha value is -1.37. The third-order valence-electron chi connectivity index (χ3n) is 1.77. The molecule has 0 N–H and O–H groups in total. The molecule has 0 spiro atoms. The Morgan fingerprint density at radius 2 is 2.09 bits per heavy atom.